The molecule has 3 rings (SSSR count). The van der Waals surface area contributed by atoms with Crippen molar-refractivity contribution in [1.29, 1.82) is 0 Å². The normalized spacial score (nSPS) is 12.8. The molecule has 0 fully saturated rings. The van der Waals surface area contributed by atoms with Gasteiger partial charge in [-0.2, -0.15) is 0 Å². The van der Waals surface area contributed by atoms with Gasteiger partial charge < -0.3 is 0 Å². The summed E-state index contributed by atoms with van der Waals surface area (Å²) < 4.78 is 2.17. The number of aryl methyl sites for hydroxylation is 2. The molecule has 0 saturated heterocycles. The first-order chi connectivity index (χ1) is 9.58. The van der Waals surface area contributed by atoms with Gasteiger partial charge in [0.05, 0.1) is 16.4 Å². The third-order valence-electron chi connectivity index (χ3n) is 3.55. The van der Waals surface area contributed by atoms with E-state index in [1.165, 1.54) is 11.1 Å². The molecule has 0 bridgehead atoms. The number of fused-ring (bicyclic) bond motifs is 1. The maximum absolute atomic E-state index is 6.33. The van der Waals surface area contributed by atoms with E-state index >= 15 is 0 Å². The van der Waals surface area contributed by atoms with Crippen LogP contribution < -0.4 is 0 Å². The Morgan fingerprint density at radius 3 is 2.40 bits per heavy atom. The molecule has 1 aromatic heterocycles. The number of benzene rings is 2. The second-order valence-electron chi connectivity index (χ2n) is 5.20. The molecule has 0 saturated carbocycles. The summed E-state index contributed by atoms with van der Waals surface area (Å²) in [5, 5.41) is -0.136. The van der Waals surface area contributed by atoms with Crippen LogP contribution in [0.2, 0.25) is 0 Å². The number of nitrogens with zero attached hydrogens (tertiary/aromatic N) is 2. The van der Waals surface area contributed by atoms with Gasteiger partial charge in [0.25, 0.3) is 0 Å². The molecular weight excluding hydrogens is 268 g/mol. The molecule has 0 aliphatic heterocycles. The van der Waals surface area contributed by atoms with Crippen LogP contribution in [0.15, 0.2) is 42.5 Å². The van der Waals surface area contributed by atoms with Gasteiger partial charge >= 0.3 is 0 Å². The number of alkyl halides is 1. The SMILES string of the molecule is Cc1ccc(-n2c(C(C)Cl)nc3cccc(C)c32)cc1. The fourth-order valence-electron chi connectivity index (χ4n) is 2.53. The van der Waals surface area contributed by atoms with Gasteiger partial charge in [-0.1, -0.05) is 29.8 Å². The number of imidazole rings is 1. The first-order valence-electron chi connectivity index (χ1n) is 6.77. The second-order valence-corrected chi connectivity index (χ2v) is 5.85. The molecular formula is C17H17ClN2. The van der Waals surface area contributed by atoms with E-state index in [9.17, 15) is 0 Å². The van der Waals surface area contributed by atoms with E-state index in [0.29, 0.717) is 0 Å². The lowest BCUT2D eigenvalue weighted by Crippen LogP contribution is -2.02. The minimum atomic E-state index is -0.136. The fraction of sp³-hybridized carbons (Fsp3) is 0.235. The van der Waals surface area contributed by atoms with Crippen molar-refractivity contribution >= 4 is 22.6 Å². The van der Waals surface area contributed by atoms with Gasteiger partial charge in [0.1, 0.15) is 5.82 Å². The molecule has 102 valence electrons. The van der Waals surface area contributed by atoms with Crippen molar-refractivity contribution in [3.63, 3.8) is 0 Å². The lowest BCUT2D eigenvalue weighted by Gasteiger charge is -2.12. The van der Waals surface area contributed by atoms with Crippen molar-refractivity contribution in [2.45, 2.75) is 26.1 Å². The van der Waals surface area contributed by atoms with E-state index in [1.54, 1.807) is 0 Å². The highest BCUT2D eigenvalue weighted by atomic mass is 35.5. The molecule has 20 heavy (non-hydrogen) atoms. The summed E-state index contributed by atoms with van der Waals surface area (Å²) in [6.07, 6.45) is 0. The summed E-state index contributed by atoms with van der Waals surface area (Å²) in [4.78, 5) is 4.70. The molecule has 0 radical (unpaired) electrons. The third kappa shape index (κ3) is 2.10. The van der Waals surface area contributed by atoms with E-state index in [-0.39, 0.29) is 5.38 Å². The first kappa shape index (κ1) is 13.2. The van der Waals surface area contributed by atoms with Crippen LogP contribution in [-0.2, 0) is 0 Å². The molecule has 0 spiro atoms. The van der Waals surface area contributed by atoms with Gasteiger partial charge in [-0.05, 0) is 44.5 Å². The molecule has 3 aromatic rings. The predicted octanol–water partition coefficient (Wildman–Crippen LogP) is 4.94. The summed E-state index contributed by atoms with van der Waals surface area (Å²) in [6, 6.07) is 14.6. The van der Waals surface area contributed by atoms with Crippen molar-refractivity contribution in [1.82, 2.24) is 9.55 Å². The van der Waals surface area contributed by atoms with Crippen LogP contribution in [0.4, 0.5) is 0 Å². The summed E-state index contributed by atoms with van der Waals surface area (Å²) in [5.41, 5.74) is 5.69. The smallest absolute Gasteiger partial charge is 0.132 e. The monoisotopic (exact) mass is 284 g/mol. The maximum Gasteiger partial charge on any atom is 0.132 e. The Balaban J connectivity index is 2.36. The minimum Gasteiger partial charge on any atom is -0.295 e. The number of hydrogen-bond acceptors (Lipinski definition) is 1. The Bertz CT molecular complexity index is 755. The Labute approximate surface area is 124 Å². The van der Waals surface area contributed by atoms with E-state index < -0.39 is 0 Å². The average Bonchev–Trinajstić information content (AvgIpc) is 2.81. The van der Waals surface area contributed by atoms with Crippen LogP contribution in [0.3, 0.4) is 0 Å². The highest BCUT2D eigenvalue weighted by Crippen LogP contribution is 2.29. The summed E-state index contributed by atoms with van der Waals surface area (Å²) in [6.45, 7) is 6.16. The van der Waals surface area contributed by atoms with Crippen molar-refractivity contribution in [2.24, 2.45) is 0 Å². The zero-order valence-electron chi connectivity index (χ0n) is 11.9. The molecule has 0 amide bonds. The lowest BCUT2D eigenvalue weighted by molar-refractivity contribution is 0.881. The number of rotatable bonds is 2. The number of halogens is 1. The van der Waals surface area contributed by atoms with Gasteiger partial charge in [0, 0.05) is 5.69 Å². The number of para-hydroxylation sites is 1. The summed E-state index contributed by atoms with van der Waals surface area (Å²) in [5.74, 6) is 0.889. The van der Waals surface area contributed by atoms with Gasteiger partial charge in [0.2, 0.25) is 0 Å². The zero-order valence-corrected chi connectivity index (χ0v) is 12.6. The molecule has 0 aliphatic rings. The van der Waals surface area contributed by atoms with Gasteiger partial charge in [-0.3, -0.25) is 4.57 Å². The molecule has 2 aromatic carbocycles. The molecule has 0 aliphatic carbocycles. The van der Waals surface area contributed by atoms with E-state index in [0.717, 1.165) is 22.5 Å². The van der Waals surface area contributed by atoms with Crippen LogP contribution in [0, 0.1) is 13.8 Å². The van der Waals surface area contributed by atoms with Crippen molar-refractivity contribution in [3.8, 4) is 5.69 Å². The molecule has 0 N–H and O–H groups in total. The van der Waals surface area contributed by atoms with Crippen LogP contribution in [-0.4, -0.2) is 9.55 Å². The Hall–Kier alpha value is -1.80. The molecule has 3 heteroatoms. The number of aromatic nitrogens is 2. The maximum atomic E-state index is 6.33. The highest BCUT2D eigenvalue weighted by Gasteiger charge is 2.17. The molecule has 1 unspecified atom stereocenters. The van der Waals surface area contributed by atoms with E-state index in [2.05, 4.69) is 48.7 Å². The average molecular weight is 285 g/mol. The predicted molar refractivity (Wildman–Crippen MR) is 84.8 cm³/mol. The van der Waals surface area contributed by atoms with Crippen LogP contribution in [0.5, 0.6) is 0 Å². The lowest BCUT2D eigenvalue weighted by atomic mass is 10.2. The zero-order chi connectivity index (χ0) is 14.3. The molecule has 2 nitrogen and oxygen atoms in total. The molecule has 1 atom stereocenters. The standard InChI is InChI=1S/C17H17ClN2/c1-11-7-9-14(10-8-11)20-16-12(2)5-4-6-15(16)19-17(20)13(3)18/h4-10,13H,1-3H3. The first-order valence-corrected chi connectivity index (χ1v) is 7.20. The Morgan fingerprint density at radius 2 is 1.75 bits per heavy atom. The van der Waals surface area contributed by atoms with Gasteiger partial charge in [-0.25, -0.2) is 4.98 Å². The van der Waals surface area contributed by atoms with E-state index in [4.69, 9.17) is 16.6 Å². The highest BCUT2D eigenvalue weighted by molar-refractivity contribution is 6.20. The number of hydrogen-bond donors (Lipinski definition) is 0. The quantitative estimate of drug-likeness (QED) is 0.609. The van der Waals surface area contributed by atoms with Crippen LogP contribution in [0.1, 0.15) is 29.3 Å². The van der Waals surface area contributed by atoms with Crippen molar-refractivity contribution < 1.29 is 0 Å². The Kier molecular flexibility index (Phi) is 3.27. The van der Waals surface area contributed by atoms with E-state index in [1.807, 2.05) is 19.1 Å². The summed E-state index contributed by atoms with van der Waals surface area (Å²) >= 11 is 6.33. The van der Waals surface area contributed by atoms with Crippen molar-refractivity contribution in [3.05, 3.63) is 59.4 Å². The fourth-order valence-corrected chi connectivity index (χ4v) is 2.68. The van der Waals surface area contributed by atoms with Crippen molar-refractivity contribution in [2.75, 3.05) is 0 Å². The van der Waals surface area contributed by atoms with Crippen LogP contribution >= 0.6 is 11.6 Å². The second kappa shape index (κ2) is 4.95. The van der Waals surface area contributed by atoms with Gasteiger partial charge in [-0.15, -0.1) is 11.6 Å². The molecule has 1 heterocycles. The topological polar surface area (TPSA) is 17.8 Å². The minimum absolute atomic E-state index is 0.136. The third-order valence-corrected chi connectivity index (χ3v) is 3.75. The van der Waals surface area contributed by atoms with Crippen LogP contribution in [0.25, 0.3) is 16.7 Å². The summed E-state index contributed by atoms with van der Waals surface area (Å²) in [7, 11) is 0. The Morgan fingerprint density at radius 1 is 1.05 bits per heavy atom. The largest absolute Gasteiger partial charge is 0.295 e. The van der Waals surface area contributed by atoms with Gasteiger partial charge in [0.15, 0.2) is 0 Å².